The number of rotatable bonds is 7. The van der Waals surface area contributed by atoms with E-state index in [1.165, 1.54) is 19.3 Å². The summed E-state index contributed by atoms with van der Waals surface area (Å²) in [6.07, 6.45) is 7.55. The van der Waals surface area contributed by atoms with Crippen molar-refractivity contribution in [2.24, 2.45) is 0 Å². The molecule has 0 radical (unpaired) electrons. The number of aryl methyl sites for hydroxylation is 2. The third-order valence-electron chi connectivity index (χ3n) is 5.21. The highest BCUT2D eigenvalue weighted by atomic mass is 16.5. The lowest BCUT2D eigenvalue weighted by Crippen LogP contribution is -2.25. The van der Waals surface area contributed by atoms with E-state index in [4.69, 9.17) is 9.84 Å². The highest BCUT2D eigenvalue weighted by Gasteiger charge is 2.32. The molecule has 1 aromatic carbocycles. The molecule has 2 rings (SSSR count). The molecule has 4 nitrogen and oxygen atoms in total. The lowest BCUT2D eigenvalue weighted by Gasteiger charge is -2.35. The number of carbonyl (C=O) groups excluding carboxylic acids is 1. The van der Waals surface area contributed by atoms with Crippen LogP contribution in [0.2, 0.25) is 0 Å². The predicted molar refractivity (Wildman–Crippen MR) is 94.3 cm³/mol. The first-order chi connectivity index (χ1) is 11.5. The quantitative estimate of drug-likeness (QED) is 0.747. The second kappa shape index (κ2) is 8.52. The Bertz CT molecular complexity index is 559. The predicted octanol–water partition coefficient (Wildman–Crippen LogP) is 3.64. The molecule has 0 atom stereocenters. The molecule has 24 heavy (non-hydrogen) atoms. The topological polar surface area (TPSA) is 66.8 Å². The van der Waals surface area contributed by atoms with Gasteiger partial charge in [-0.1, -0.05) is 45.2 Å². The maximum Gasteiger partial charge on any atom is 0.306 e. The van der Waals surface area contributed by atoms with Crippen molar-refractivity contribution in [3.63, 3.8) is 0 Å². The Morgan fingerprint density at radius 3 is 2.58 bits per heavy atom. The molecule has 0 spiro atoms. The van der Waals surface area contributed by atoms with Crippen LogP contribution in [0.25, 0.3) is 0 Å². The Morgan fingerprint density at radius 2 is 1.96 bits per heavy atom. The fourth-order valence-electron chi connectivity index (χ4n) is 3.71. The maximum atomic E-state index is 11.7. The van der Waals surface area contributed by atoms with Crippen molar-refractivity contribution in [1.82, 2.24) is 0 Å². The molecule has 4 heteroatoms. The Hall–Kier alpha value is -1.55. The molecule has 2 N–H and O–H groups in total. The molecule has 1 aliphatic rings. The van der Waals surface area contributed by atoms with E-state index in [0.29, 0.717) is 18.6 Å². The molecular weight excluding hydrogens is 304 g/mol. The number of aliphatic hydroxyl groups is 1. The summed E-state index contributed by atoms with van der Waals surface area (Å²) >= 11 is 0. The molecule has 0 bridgehead atoms. The third kappa shape index (κ3) is 4.50. The smallest absolute Gasteiger partial charge is 0.306 e. The van der Waals surface area contributed by atoms with E-state index in [0.717, 1.165) is 36.0 Å². The fourth-order valence-corrected chi connectivity index (χ4v) is 3.71. The summed E-state index contributed by atoms with van der Waals surface area (Å²) in [5.41, 5.74) is 3.10. The zero-order valence-corrected chi connectivity index (χ0v) is 14.9. The number of hydrogen-bond donors (Lipinski definition) is 2. The molecule has 0 heterocycles. The highest BCUT2D eigenvalue weighted by Crippen LogP contribution is 2.44. The van der Waals surface area contributed by atoms with Crippen LogP contribution in [0.4, 0.5) is 0 Å². The van der Waals surface area contributed by atoms with Gasteiger partial charge in [0.1, 0.15) is 12.4 Å². The fraction of sp³-hybridized carbons (Fsp3) is 0.650. The zero-order chi connectivity index (χ0) is 17.6. The number of phenols is 1. The van der Waals surface area contributed by atoms with Gasteiger partial charge in [-0.05, 0) is 42.2 Å². The van der Waals surface area contributed by atoms with Gasteiger partial charge in [0.2, 0.25) is 0 Å². The van der Waals surface area contributed by atoms with Crippen molar-refractivity contribution in [3.05, 3.63) is 28.8 Å². The van der Waals surface area contributed by atoms with E-state index in [1.54, 1.807) is 0 Å². The van der Waals surface area contributed by atoms with Gasteiger partial charge in [0, 0.05) is 12.0 Å². The van der Waals surface area contributed by atoms with Gasteiger partial charge in [0.25, 0.3) is 0 Å². The van der Waals surface area contributed by atoms with E-state index in [2.05, 4.69) is 13.0 Å². The number of benzene rings is 1. The molecule has 0 amide bonds. The molecule has 1 fully saturated rings. The van der Waals surface area contributed by atoms with Crippen molar-refractivity contribution < 1.29 is 19.7 Å². The molecule has 1 aromatic rings. The number of aromatic hydroxyl groups is 1. The van der Waals surface area contributed by atoms with Crippen LogP contribution < -0.4 is 0 Å². The van der Waals surface area contributed by atoms with Crippen LogP contribution in [0.3, 0.4) is 0 Å². The van der Waals surface area contributed by atoms with Crippen molar-refractivity contribution >= 4 is 5.97 Å². The van der Waals surface area contributed by atoms with E-state index in [-0.39, 0.29) is 24.6 Å². The van der Waals surface area contributed by atoms with Gasteiger partial charge >= 0.3 is 5.97 Å². The van der Waals surface area contributed by atoms with Crippen LogP contribution in [0.15, 0.2) is 12.1 Å². The number of esters is 1. The molecule has 134 valence electrons. The van der Waals surface area contributed by atoms with Gasteiger partial charge in [0.05, 0.1) is 6.61 Å². The van der Waals surface area contributed by atoms with Crippen LogP contribution in [-0.2, 0) is 27.8 Å². The minimum atomic E-state index is -0.291. The van der Waals surface area contributed by atoms with Crippen molar-refractivity contribution in [1.29, 1.82) is 0 Å². The Labute approximate surface area is 144 Å². The monoisotopic (exact) mass is 334 g/mol. The lowest BCUT2D eigenvalue weighted by molar-refractivity contribution is -0.144. The van der Waals surface area contributed by atoms with Crippen molar-refractivity contribution in [3.8, 4) is 5.75 Å². The minimum Gasteiger partial charge on any atom is -0.507 e. The Balaban J connectivity index is 2.20. The molecule has 1 saturated carbocycles. The van der Waals surface area contributed by atoms with Crippen molar-refractivity contribution in [2.75, 3.05) is 13.2 Å². The number of ether oxygens (including phenoxy) is 1. The van der Waals surface area contributed by atoms with Gasteiger partial charge in [-0.25, -0.2) is 0 Å². The minimum absolute atomic E-state index is 0.0274. The lowest BCUT2D eigenvalue weighted by atomic mass is 9.70. The van der Waals surface area contributed by atoms with E-state index < -0.39 is 0 Å². The normalized spacial score (nSPS) is 16.8. The summed E-state index contributed by atoms with van der Waals surface area (Å²) in [7, 11) is 0. The van der Waals surface area contributed by atoms with Gasteiger partial charge in [-0.15, -0.1) is 0 Å². The SMILES string of the molecule is CCc1cc(CCC(=O)OCCO)cc(C2(C)CCCCC2)c1O. The van der Waals surface area contributed by atoms with Crippen molar-refractivity contribution in [2.45, 2.75) is 70.6 Å². The van der Waals surface area contributed by atoms with Crippen LogP contribution in [0, 0.1) is 0 Å². The average molecular weight is 334 g/mol. The van der Waals surface area contributed by atoms with Crippen LogP contribution in [-0.4, -0.2) is 29.4 Å². The Morgan fingerprint density at radius 1 is 1.25 bits per heavy atom. The van der Waals surface area contributed by atoms with Gasteiger partial charge in [-0.2, -0.15) is 0 Å². The first-order valence-corrected chi connectivity index (χ1v) is 9.12. The molecule has 0 saturated heterocycles. The molecular formula is C20H30O4. The number of carbonyl (C=O) groups is 1. The first-order valence-electron chi connectivity index (χ1n) is 9.12. The van der Waals surface area contributed by atoms with Gasteiger partial charge < -0.3 is 14.9 Å². The van der Waals surface area contributed by atoms with Gasteiger partial charge in [0.15, 0.2) is 0 Å². The molecule has 0 unspecified atom stereocenters. The standard InChI is InChI=1S/C20H30O4/c1-3-16-13-15(7-8-18(22)24-12-11-21)14-17(19(16)23)20(2)9-5-4-6-10-20/h13-14,21,23H,3-12H2,1-2H3. The van der Waals surface area contributed by atoms with Gasteiger partial charge in [-0.3, -0.25) is 4.79 Å². The largest absolute Gasteiger partial charge is 0.507 e. The molecule has 0 aromatic heterocycles. The Kier molecular flexibility index (Phi) is 6.67. The second-order valence-electron chi connectivity index (χ2n) is 7.07. The summed E-state index contributed by atoms with van der Waals surface area (Å²) in [6.45, 7) is 4.20. The average Bonchev–Trinajstić information content (AvgIpc) is 2.59. The number of aliphatic hydroxyl groups excluding tert-OH is 1. The zero-order valence-electron chi connectivity index (χ0n) is 14.9. The molecule has 1 aliphatic carbocycles. The second-order valence-corrected chi connectivity index (χ2v) is 7.07. The number of hydrogen-bond acceptors (Lipinski definition) is 4. The highest BCUT2D eigenvalue weighted by molar-refractivity contribution is 5.69. The van der Waals surface area contributed by atoms with E-state index in [1.807, 2.05) is 13.0 Å². The van der Waals surface area contributed by atoms with E-state index >= 15 is 0 Å². The summed E-state index contributed by atoms with van der Waals surface area (Å²) < 4.78 is 4.92. The third-order valence-corrected chi connectivity index (χ3v) is 5.21. The summed E-state index contributed by atoms with van der Waals surface area (Å²) in [5, 5.41) is 19.4. The van der Waals surface area contributed by atoms with Crippen LogP contribution >= 0.6 is 0 Å². The van der Waals surface area contributed by atoms with Crippen LogP contribution in [0.1, 0.15) is 69.1 Å². The summed E-state index contributed by atoms with van der Waals surface area (Å²) in [5.74, 6) is 0.147. The molecule has 0 aliphatic heterocycles. The number of phenolic OH excluding ortho intramolecular Hbond substituents is 1. The summed E-state index contributed by atoms with van der Waals surface area (Å²) in [4.78, 5) is 11.7. The maximum absolute atomic E-state index is 11.7. The van der Waals surface area contributed by atoms with Crippen LogP contribution in [0.5, 0.6) is 5.75 Å². The summed E-state index contributed by atoms with van der Waals surface area (Å²) in [6, 6.07) is 4.09. The first kappa shape index (κ1) is 18.8. The van der Waals surface area contributed by atoms with E-state index in [9.17, 15) is 9.90 Å².